The van der Waals surface area contributed by atoms with Gasteiger partial charge in [0.1, 0.15) is 6.67 Å². The number of nitrogens with zero attached hydrogens (tertiary/aromatic N) is 2. The predicted molar refractivity (Wildman–Crippen MR) is 98.7 cm³/mol. The number of carbonyl (C=O) groups is 1. The summed E-state index contributed by atoms with van der Waals surface area (Å²) < 4.78 is 5.02. The molecule has 2 heterocycles. The molecule has 2 aromatic carbocycles. The molecule has 6 heteroatoms. The van der Waals surface area contributed by atoms with Crippen LogP contribution < -0.4 is 5.43 Å². The Labute approximate surface area is 150 Å². The van der Waals surface area contributed by atoms with Crippen LogP contribution in [0.15, 0.2) is 71.1 Å². The molecular weight excluding hydrogens is 330 g/mol. The SMILES string of the molecule is O=C1C=C(O)/C(=C/c2ccccc2-c2ccc(CN3CN=CN3)cc2)O1. The molecule has 130 valence electrons. The number of benzene rings is 2. The highest BCUT2D eigenvalue weighted by Gasteiger charge is 2.19. The van der Waals surface area contributed by atoms with Gasteiger partial charge in [0.25, 0.3) is 0 Å². The molecule has 0 aliphatic carbocycles. The van der Waals surface area contributed by atoms with Gasteiger partial charge in [0, 0.05) is 6.54 Å². The Bertz CT molecular complexity index is 922. The molecule has 2 aliphatic heterocycles. The Hall–Kier alpha value is -3.38. The third kappa shape index (κ3) is 3.36. The average molecular weight is 347 g/mol. The molecule has 0 aromatic heterocycles. The number of hydrogen-bond acceptors (Lipinski definition) is 6. The molecule has 0 amide bonds. The van der Waals surface area contributed by atoms with Gasteiger partial charge in [-0.3, -0.25) is 4.99 Å². The van der Waals surface area contributed by atoms with E-state index in [1.807, 2.05) is 29.3 Å². The molecule has 6 nitrogen and oxygen atoms in total. The molecule has 2 aromatic rings. The minimum absolute atomic E-state index is 0.152. The number of carbonyl (C=O) groups excluding carboxylic acids is 1. The van der Waals surface area contributed by atoms with Gasteiger partial charge in [-0.25, -0.2) is 4.79 Å². The Morgan fingerprint density at radius 1 is 1.19 bits per heavy atom. The number of aliphatic imine (C=N–C) groups is 1. The average Bonchev–Trinajstić information content (AvgIpc) is 3.26. The van der Waals surface area contributed by atoms with E-state index in [2.05, 4.69) is 34.7 Å². The van der Waals surface area contributed by atoms with Crippen LogP contribution >= 0.6 is 0 Å². The monoisotopic (exact) mass is 347 g/mol. The van der Waals surface area contributed by atoms with Gasteiger partial charge in [0.05, 0.1) is 12.4 Å². The van der Waals surface area contributed by atoms with Crippen molar-refractivity contribution in [3.63, 3.8) is 0 Å². The van der Waals surface area contributed by atoms with Gasteiger partial charge >= 0.3 is 5.97 Å². The van der Waals surface area contributed by atoms with Gasteiger partial charge in [-0.1, -0.05) is 48.5 Å². The lowest BCUT2D eigenvalue weighted by Gasteiger charge is -2.14. The molecule has 0 radical (unpaired) electrons. The zero-order valence-electron chi connectivity index (χ0n) is 13.9. The molecule has 0 saturated carbocycles. The van der Waals surface area contributed by atoms with E-state index in [1.54, 1.807) is 12.4 Å². The maximum absolute atomic E-state index is 11.3. The highest BCUT2D eigenvalue weighted by atomic mass is 16.6. The summed E-state index contributed by atoms with van der Waals surface area (Å²) in [5.74, 6) is -0.547. The quantitative estimate of drug-likeness (QED) is 0.832. The molecule has 0 unspecified atom stereocenters. The lowest BCUT2D eigenvalue weighted by atomic mass is 9.98. The molecule has 0 bridgehead atoms. The van der Waals surface area contributed by atoms with Crippen molar-refractivity contribution in [2.75, 3.05) is 6.67 Å². The predicted octanol–water partition coefficient (Wildman–Crippen LogP) is 3.00. The molecule has 2 aliphatic rings. The summed E-state index contributed by atoms with van der Waals surface area (Å²) >= 11 is 0. The van der Waals surface area contributed by atoms with Crippen LogP contribution in [0.25, 0.3) is 17.2 Å². The molecular formula is C20H17N3O3. The van der Waals surface area contributed by atoms with Crippen molar-refractivity contribution in [1.29, 1.82) is 0 Å². The Balaban J connectivity index is 1.59. The fourth-order valence-corrected chi connectivity index (χ4v) is 2.91. The smallest absolute Gasteiger partial charge is 0.340 e. The van der Waals surface area contributed by atoms with Crippen LogP contribution in [0.5, 0.6) is 0 Å². The van der Waals surface area contributed by atoms with Crippen molar-refractivity contribution in [2.45, 2.75) is 6.54 Å². The number of rotatable bonds is 4. The summed E-state index contributed by atoms with van der Waals surface area (Å²) in [6.07, 6.45) is 4.43. The van der Waals surface area contributed by atoms with Crippen LogP contribution in [-0.2, 0) is 16.1 Å². The van der Waals surface area contributed by atoms with Crippen molar-refractivity contribution in [2.24, 2.45) is 4.99 Å². The second-order valence-corrected chi connectivity index (χ2v) is 6.02. The number of aliphatic hydroxyl groups excluding tert-OH is 1. The van der Waals surface area contributed by atoms with E-state index >= 15 is 0 Å². The molecule has 2 N–H and O–H groups in total. The minimum atomic E-state index is -0.560. The fraction of sp³-hybridized carbons (Fsp3) is 0.100. The van der Waals surface area contributed by atoms with Crippen LogP contribution in [0.4, 0.5) is 0 Å². The zero-order chi connectivity index (χ0) is 17.9. The van der Waals surface area contributed by atoms with Crippen molar-refractivity contribution in [3.05, 3.63) is 77.3 Å². The van der Waals surface area contributed by atoms with E-state index < -0.39 is 5.97 Å². The molecule has 0 saturated heterocycles. The second-order valence-electron chi connectivity index (χ2n) is 6.02. The first-order valence-corrected chi connectivity index (χ1v) is 8.21. The Morgan fingerprint density at radius 2 is 2.00 bits per heavy atom. The molecule has 0 atom stereocenters. The van der Waals surface area contributed by atoms with Crippen LogP contribution in [0.2, 0.25) is 0 Å². The van der Waals surface area contributed by atoms with Crippen LogP contribution in [0.1, 0.15) is 11.1 Å². The zero-order valence-corrected chi connectivity index (χ0v) is 13.9. The van der Waals surface area contributed by atoms with E-state index in [0.29, 0.717) is 6.67 Å². The third-order valence-corrected chi connectivity index (χ3v) is 4.19. The largest absolute Gasteiger partial charge is 0.504 e. The third-order valence-electron chi connectivity index (χ3n) is 4.19. The fourth-order valence-electron chi connectivity index (χ4n) is 2.91. The molecule has 0 fully saturated rings. The topological polar surface area (TPSA) is 74.2 Å². The van der Waals surface area contributed by atoms with Gasteiger partial charge in [-0.2, -0.15) is 5.01 Å². The molecule has 0 spiro atoms. The van der Waals surface area contributed by atoms with Crippen LogP contribution in [0.3, 0.4) is 0 Å². The minimum Gasteiger partial charge on any atom is -0.504 e. The van der Waals surface area contributed by atoms with Gasteiger partial charge < -0.3 is 15.3 Å². The lowest BCUT2D eigenvalue weighted by molar-refractivity contribution is -0.132. The number of hydrazine groups is 1. The van der Waals surface area contributed by atoms with Crippen LogP contribution in [-0.4, -0.2) is 29.1 Å². The summed E-state index contributed by atoms with van der Waals surface area (Å²) in [4.78, 5) is 15.4. The van der Waals surface area contributed by atoms with Gasteiger partial charge in [-0.05, 0) is 28.3 Å². The standard InChI is InChI=1S/C20H17N3O3/c24-18-10-20(25)26-19(18)9-16-3-1-2-4-17(16)15-7-5-14(6-8-15)11-23-13-21-12-22-23/h1-10,12,24H,11,13H2,(H,21,22)/b19-9-. The van der Waals surface area contributed by atoms with Crippen molar-refractivity contribution >= 4 is 18.4 Å². The van der Waals surface area contributed by atoms with E-state index in [-0.39, 0.29) is 11.5 Å². The Kier molecular flexibility index (Phi) is 4.25. The van der Waals surface area contributed by atoms with Gasteiger partial charge in [-0.15, -0.1) is 0 Å². The number of esters is 1. The first kappa shape index (κ1) is 16.1. The van der Waals surface area contributed by atoms with Gasteiger partial charge in [0.15, 0.2) is 11.5 Å². The van der Waals surface area contributed by atoms with E-state index in [4.69, 9.17) is 4.74 Å². The number of hydrogen-bond donors (Lipinski definition) is 2. The van der Waals surface area contributed by atoms with Gasteiger partial charge in [0.2, 0.25) is 0 Å². The first-order chi connectivity index (χ1) is 12.7. The number of aliphatic hydroxyl groups is 1. The molecule has 4 rings (SSSR count). The van der Waals surface area contributed by atoms with Crippen molar-refractivity contribution < 1.29 is 14.6 Å². The number of ether oxygens (including phenoxy) is 1. The molecule has 26 heavy (non-hydrogen) atoms. The maximum Gasteiger partial charge on any atom is 0.340 e. The van der Waals surface area contributed by atoms with Crippen LogP contribution in [0, 0.1) is 0 Å². The van der Waals surface area contributed by atoms with E-state index in [9.17, 15) is 9.90 Å². The lowest BCUT2D eigenvalue weighted by Crippen LogP contribution is -2.30. The van der Waals surface area contributed by atoms with Crippen molar-refractivity contribution in [1.82, 2.24) is 10.4 Å². The van der Waals surface area contributed by atoms with E-state index in [0.717, 1.165) is 29.3 Å². The summed E-state index contributed by atoms with van der Waals surface area (Å²) in [6, 6.07) is 16.0. The summed E-state index contributed by atoms with van der Waals surface area (Å²) in [6.45, 7) is 1.41. The summed E-state index contributed by atoms with van der Waals surface area (Å²) in [5.41, 5.74) is 7.14. The highest BCUT2D eigenvalue weighted by molar-refractivity contribution is 5.89. The van der Waals surface area contributed by atoms with E-state index in [1.165, 1.54) is 5.56 Å². The highest BCUT2D eigenvalue weighted by Crippen LogP contribution is 2.28. The normalized spacial score (nSPS) is 18.1. The Morgan fingerprint density at radius 3 is 2.69 bits per heavy atom. The number of cyclic esters (lactones) is 1. The summed E-state index contributed by atoms with van der Waals surface area (Å²) in [7, 11) is 0. The maximum atomic E-state index is 11.3. The first-order valence-electron chi connectivity index (χ1n) is 8.21. The summed E-state index contributed by atoms with van der Waals surface area (Å²) in [5, 5.41) is 11.8. The number of nitrogens with one attached hydrogen (secondary N) is 1. The second kappa shape index (κ2) is 6.85. The van der Waals surface area contributed by atoms with Crippen molar-refractivity contribution in [3.8, 4) is 11.1 Å².